The van der Waals surface area contributed by atoms with Crippen molar-refractivity contribution in [1.29, 1.82) is 0 Å². The summed E-state index contributed by atoms with van der Waals surface area (Å²) >= 11 is 14.2. The van der Waals surface area contributed by atoms with E-state index < -0.39 is 0 Å². The zero-order chi connectivity index (χ0) is 15.6. The zero-order valence-corrected chi connectivity index (χ0v) is 14.3. The topological polar surface area (TPSA) is 55.1 Å². The molecule has 3 N–H and O–H groups in total. The number of rotatable bonds is 3. The number of hydrogen-bond donors (Lipinski definition) is 2. The summed E-state index contributed by atoms with van der Waals surface area (Å²) < 4.78 is 0.716. The molecule has 21 heavy (non-hydrogen) atoms. The Morgan fingerprint density at radius 1 is 1.29 bits per heavy atom. The Hall–Kier alpha value is -1.43. The van der Waals surface area contributed by atoms with E-state index in [4.69, 9.17) is 29.6 Å². The van der Waals surface area contributed by atoms with E-state index in [1.165, 1.54) is 0 Å². The van der Waals surface area contributed by atoms with Crippen LogP contribution in [0.4, 0.5) is 5.69 Å². The molecule has 0 aliphatic rings. The summed E-state index contributed by atoms with van der Waals surface area (Å²) in [5.41, 5.74) is 8.34. The van der Waals surface area contributed by atoms with Gasteiger partial charge in [-0.15, -0.1) is 0 Å². The molecule has 2 aromatic carbocycles. The van der Waals surface area contributed by atoms with Crippen LogP contribution in [0.3, 0.4) is 0 Å². The van der Waals surface area contributed by atoms with Gasteiger partial charge < -0.3 is 11.1 Å². The molecule has 0 saturated heterocycles. The molecule has 2 aromatic rings. The van der Waals surface area contributed by atoms with Gasteiger partial charge in [-0.25, -0.2) is 0 Å². The van der Waals surface area contributed by atoms with Crippen molar-refractivity contribution in [1.82, 2.24) is 0 Å². The average Bonchev–Trinajstić information content (AvgIpc) is 2.40. The number of carbonyl (C=O) groups excluding carboxylic acids is 1. The molecule has 0 fully saturated rings. The average molecular weight is 384 g/mol. The van der Waals surface area contributed by atoms with Crippen LogP contribution >= 0.6 is 39.7 Å². The van der Waals surface area contributed by atoms with E-state index >= 15 is 0 Å². The van der Waals surface area contributed by atoms with Crippen molar-refractivity contribution in [2.45, 2.75) is 6.92 Å². The summed E-state index contributed by atoms with van der Waals surface area (Å²) in [5.74, 6) is -0.201. The first kappa shape index (κ1) is 15.9. The summed E-state index contributed by atoms with van der Waals surface area (Å²) in [6.07, 6.45) is 0. The van der Waals surface area contributed by atoms with Gasteiger partial charge in [-0.05, 0) is 64.8 Å². The van der Waals surface area contributed by atoms with E-state index in [1.807, 2.05) is 6.92 Å². The van der Waals surface area contributed by atoms with Gasteiger partial charge >= 0.3 is 0 Å². The smallest absolute Gasteiger partial charge is 0.255 e. The Labute approximate surface area is 141 Å². The van der Waals surface area contributed by atoms with E-state index in [9.17, 15) is 4.79 Å². The van der Waals surface area contributed by atoms with Gasteiger partial charge in [0, 0.05) is 20.6 Å². The minimum absolute atomic E-state index is 0.201. The van der Waals surface area contributed by atoms with Crippen molar-refractivity contribution >= 4 is 56.3 Å². The molecule has 0 radical (unpaired) electrons. The highest BCUT2D eigenvalue weighted by atomic mass is 79.9. The van der Waals surface area contributed by atoms with Crippen LogP contribution in [0.15, 0.2) is 40.9 Å². The first-order valence-corrected chi connectivity index (χ1v) is 7.63. The second-order valence-electron chi connectivity index (χ2n) is 4.47. The lowest BCUT2D eigenvalue weighted by molar-refractivity contribution is 0.102. The van der Waals surface area contributed by atoms with Crippen molar-refractivity contribution in [2.75, 3.05) is 5.32 Å². The van der Waals surface area contributed by atoms with Gasteiger partial charge in [0.15, 0.2) is 0 Å². The molecule has 108 valence electrons. The van der Waals surface area contributed by atoms with E-state index in [0.29, 0.717) is 25.7 Å². The fourth-order valence-corrected chi connectivity index (χ4v) is 2.67. The minimum atomic E-state index is -0.201. The van der Waals surface area contributed by atoms with Crippen LogP contribution in [0.25, 0.3) is 0 Å². The Morgan fingerprint density at radius 2 is 2.00 bits per heavy atom. The molecule has 0 aliphatic carbocycles. The van der Waals surface area contributed by atoms with Crippen molar-refractivity contribution in [3.05, 3.63) is 62.6 Å². The third kappa shape index (κ3) is 3.81. The molecule has 2 rings (SSSR count). The molecule has 0 atom stereocenters. The van der Waals surface area contributed by atoms with Crippen LogP contribution in [0, 0.1) is 6.92 Å². The van der Waals surface area contributed by atoms with Gasteiger partial charge in [-0.1, -0.05) is 23.8 Å². The molecule has 0 aliphatic heterocycles. The second-order valence-corrected chi connectivity index (χ2v) is 6.20. The molecule has 0 aromatic heterocycles. The van der Waals surface area contributed by atoms with Crippen molar-refractivity contribution < 1.29 is 4.79 Å². The van der Waals surface area contributed by atoms with E-state index in [2.05, 4.69) is 21.2 Å². The monoisotopic (exact) mass is 382 g/mol. The normalized spacial score (nSPS) is 10.2. The van der Waals surface area contributed by atoms with Gasteiger partial charge in [-0.3, -0.25) is 4.79 Å². The second kappa shape index (κ2) is 6.56. The first-order chi connectivity index (χ1) is 9.88. The van der Waals surface area contributed by atoms with Crippen molar-refractivity contribution in [3.63, 3.8) is 0 Å². The van der Waals surface area contributed by atoms with Crippen LogP contribution in [0.5, 0.6) is 0 Å². The third-order valence-electron chi connectivity index (χ3n) is 2.93. The van der Waals surface area contributed by atoms with Crippen molar-refractivity contribution in [3.8, 4) is 0 Å². The van der Waals surface area contributed by atoms with Crippen molar-refractivity contribution in [2.24, 2.45) is 5.73 Å². The number of halogens is 2. The van der Waals surface area contributed by atoms with Crippen LogP contribution in [-0.4, -0.2) is 10.9 Å². The quantitative estimate of drug-likeness (QED) is 0.777. The number of nitrogens with two attached hydrogens (primary N) is 1. The first-order valence-electron chi connectivity index (χ1n) is 6.05. The lowest BCUT2D eigenvalue weighted by Gasteiger charge is -2.10. The van der Waals surface area contributed by atoms with E-state index in [0.717, 1.165) is 11.1 Å². The number of hydrogen-bond acceptors (Lipinski definition) is 2. The van der Waals surface area contributed by atoms with E-state index in [1.54, 1.807) is 36.4 Å². The Kier molecular flexibility index (Phi) is 4.98. The van der Waals surface area contributed by atoms with Crippen LogP contribution in [-0.2, 0) is 0 Å². The van der Waals surface area contributed by atoms with Gasteiger partial charge in [0.05, 0.1) is 5.69 Å². The third-order valence-corrected chi connectivity index (χ3v) is 4.06. The highest BCUT2D eigenvalue weighted by molar-refractivity contribution is 9.10. The lowest BCUT2D eigenvalue weighted by atomic mass is 10.1. The Balaban J connectivity index is 2.25. The molecular formula is C15H12BrClN2OS. The highest BCUT2D eigenvalue weighted by Gasteiger charge is 2.12. The molecule has 0 bridgehead atoms. The van der Waals surface area contributed by atoms with Crippen LogP contribution < -0.4 is 11.1 Å². The summed E-state index contributed by atoms with van der Waals surface area (Å²) in [6.45, 7) is 1.84. The molecule has 1 amide bonds. The Bertz CT molecular complexity index is 734. The number of nitrogens with one attached hydrogen (secondary N) is 1. The predicted octanol–water partition coefficient (Wildman–Crippen LogP) is 4.30. The number of anilines is 1. The molecule has 0 spiro atoms. The van der Waals surface area contributed by atoms with Gasteiger partial charge in [0.2, 0.25) is 0 Å². The minimum Gasteiger partial charge on any atom is -0.389 e. The summed E-state index contributed by atoms with van der Waals surface area (Å²) in [7, 11) is 0. The van der Waals surface area contributed by atoms with Gasteiger partial charge in [-0.2, -0.15) is 0 Å². The fraction of sp³-hybridized carbons (Fsp3) is 0.0667. The summed E-state index contributed by atoms with van der Waals surface area (Å²) in [6, 6.07) is 10.4. The molecular weight excluding hydrogens is 372 g/mol. The van der Waals surface area contributed by atoms with Gasteiger partial charge in [0.1, 0.15) is 4.99 Å². The SMILES string of the molecule is Cc1cc(Cl)ccc1C(=O)Nc1ccc(C(N)=S)cc1Br. The number of carbonyl (C=O) groups is 1. The lowest BCUT2D eigenvalue weighted by Crippen LogP contribution is -2.14. The number of benzene rings is 2. The maximum absolute atomic E-state index is 12.3. The summed E-state index contributed by atoms with van der Waals surface area (Å²) in [4.78, 5) is 12.6. The predicted molar refractivity (Wildman–Crippen MR) is 94.2 cm³/mol. The molecule has 3 nitrogen and oxygen atoms in total. The number of aryl methyl sites for hydroxylation is 1. The molecule has 0 heterocycles. The van der Waals surface area contributed by atoms with Gasteiger partial charge in [0.25, 0.3) is 5.91 Å². The number of amides is 1. The number of thiocarbonyl (C=S) groups is 1. The fourth-order valence-electron chi connectivity index (χ4n) is 1.84. The largest absolute Gasteiger partial charge is 0.389 e. The molecule has 0 unspecified atom stereocenters. The maximum atomic E-state index is 12.3. The Morgan fingerprint density at radius 3 is 2.57 bits per heavy atom. The maximum Gasteiger partial charge on any atom is 0.255 e. The summed E-state index contributed by atoms with van der Waals surface area (Å²) in [5, 5.41) is 3.44. The van der Waals surface area contributed by atoms with Crippen LogP contribution in [0.1, 0.15) is 21.5 Å². The highest BCUT2D eigenvalue weighted by Crippen LogP contribution is 2.25. The molecule has 0 saturated carbocycles. The standard InChI is InChI=1S/C15H12BrClN2OS/c1-8-6-10(17)3-4-11(8)15(20)19-13-5-2-9(14(18)21)7-12(13)16/h2-7H,1H3,(H2,18,21)(H,19,20). The van der Waals surface area contributed by atoms with E-state index in [-0.39, 0.29) is 5.91 Å². The zero-order valence-electron chi connectivity index (χ0n) is 11.1. The molecule has 6 heteroatoms. The van der Waals surface area contributed by atoms with Crippen LogP contribution in [0.2, 0.25) is 5.02 Å².